The highest BCUT2D eigenvalue weighted by Crippen LogP contribution is 2.24. The normalized spacial score (nSPS) is 10.8. The Morgan fingerprint density at radius 3 is 2.43 bits per heavy atom. The Labute approximate surface area is 136 Å². The zero-order chi connectivity index (χ0) is 16.7. The first-order valence-corrected chi connectivity index (χ1v) is 7.47. The lowest BCUT2D eigenvalue weighted by Gasteiger charge is -2.14. The fraction of sp³-hybridized carbons (Fsp3) is 0.211. The number of para-hydroxylation sites is 2. The van der Waals surface area contributed by atoms with Crippen molar-refractivity contribution in [3.05, 3.63) is 60.2 Å². The summed E-state index contributed by atoms with van der Waals surface area (Å²) in [5.74, 6) is 1.24. The minimum Gasteiger partial charge on any atom is -0.497 e. The van der Waals surface area contributed by atoms with Crippen LogP contribution < -0.4 is 14.8 Å². The number of rotatable bonds is 6. The van der Waals surface area contributed by atoms with Crippen LogP contribution in [0, 0.1) is 0 Å². The van der Waals surface area contributed by atoms with Crippen LogP contribution in [0.25, 0.3) is 6.08 Å². The molecule has 0 aromatic heterocycles. The third-order valence-corrected chi connectivity index (χ3v) is 3.05. The summed E-state index contributed by atoms with van der Waals surface area (Å²) in [6.07, 6.45) is 3.29. The second-order valence-electron chi connectivity index (χ2n) is 5.26. The molecule has 0 saturated heterocycles. The van der Waals surface area contributed by atoms with Gasteiger partial charge in [-0.15, -0.1) is 0 Å². The number of anilines is 1. The maximum Gasteiger partial charge on any atom is 0.248 e. The SMILES string of the molecule is COc1ccc(/C=C/C(=O)Nc2ccccc2OC(C)C)cc1. The van der Waals surface area contributed by atoms with E-state index in [1.165, 1.54) is 6.08 Å². The van der Waals surface area contributed by atoms with Crippen LogP contribution in [-0.4, -0.2) is 19.1 Å². The molecule has 0 heterocycles. The smallest absolute Gasteiger partial charge is 0.248 e. The molecule has 0 atom stereocenters. The zero-order valence-electron chi connectivity index (χ0n) is 13.6. The van der Waals surface area contributed by atoms with E-state index in [0.29, 0.717) is 11.4 Å². The number of ether oxygens (including phenoxy) is 2. The van der Waals surface area contributed by atoms with Gasteiger partial charge in [-0.3, -0.25) is 4.79 Å². The summed E-state index contributed by atoms with van der Waals surface area (Å²) in [6, 6.07) is 14.9. The van der Waals surface area contributed by atoms with Crippen molar-refractivity contribution < 1.29 is 14.3 Å². The number of carbonyl (C=O) groups excluding carboxylic acids is 1. The van der Waals surface area contributed by atoms with Crippen molar-refractivity contribution in [3.8, 4) is 11.5 Å². The quantitative estimate of drug-likeness (QED) is 0.816. The van der Waals surface area contributed by atoms with Crippen LogP contribution >= 0.6 is 0 Å². The van der Waals surface area contributed by atoms with Crippen molar-refractivity contribution in [3.63, 3.8) is 0 Å². The number of benzene rings is 2. The lowest BCUT2D eigenvalue weighted by atomic mass is 10.2. The van der Waals surface area contributed by atoms with Crippen molar-refractivity contribution >= 4 is 17.7 Å². The second-order valence-corrected chi connectivity index (χ2v) is 5.26. The van der Waals surface area contributed by atoms with Gasteiger partial charge in [-0.25, -0.2) is 0 Å². The Morgan fingerprint density at radius 1 is 1.09 bits per heavy atom. The minimum absolute atomic E-state index is 0.0443. The fourth-order valence-corrected chi connectivity index (χ4v) is 1.99. The predicted molar refractivity (Wildman–Crippen MR) is 92.9 cm³/mol. The molecule has 2 aromatic carbocycles. The second kappa shape index (κ2) is 8.03. The van der Waals surface area contributed by atoms with Crippen LogP contribution in [0.1, 0.15) is 19.4 Å². The maximum atomic E-state index is 12.1. The summed E-state index contributed by atoms with van der Waals surface area (Å²) in [7, 11) is 1.62. The molecule has 0 aliphatic heterocycles. The zero-order valence-corrected chi connectivity index (χ0v) is 13.6. The van der Waals surface area contributed by atoms with Crippen LogP contribution in [0.4, 0.5) is 5.69 Å². The Kier molecular flexibility index (Phi) is 5.80. The molecule has 0 fully saturated rings. The molecular weight excluding hydrogens is 290 g/mol. The van der Waals surface area contributed by atoms with E-state index >= 15 is 0 Å². The summed E-state index contributed by atoms with van der Waals surface area (Å²) in [5, 5.41) is 2.83. The molecule has 2 aromatic rings. The summed E-state index contributed by atoms with van der Waals surface area (Å²) < 4.78 is 10.8. The average molecular weight is 311 g/mol. The van der Waals surface area contributed by atoms with Crippen molar-refractivity contribution in [2.24, 2.45) is 0 Å². The van der Waals surface area contributed by atoms with Gasteiger partial charge in [-0.05, 0) is 49.8 Å². The van der Waals surface area contributed by atoms with E-state index in [-0.39, 0.29) is 12.0 Å². The summed E-state index contributed by atoms with van der Waals surface area (Å²) in [4.78, 5) is 12.1. The first kappa shape index (κ1) is 16.6. The minimum atomic E-state index is -0.208. The van der Waals surface area contributed by atoms with Gasteiger partial charge in [0.2, 0.25) is 5.91 Å². The van der Waals surface area contributed by atoms with E-state index in [2.05, 4.69) is 5.32 Å². The molecule has 1 N–H and O–H groups in total. The summed E-state index contributed by atoms with van der Waals surface area (Å²) in [5.41, 5.74) is 1.58. The highest BCUT2D eigenvalue weighted by atomic mass is 16.5. The first-order chi connectivity index (χ1) is 11.1. The van der Waals surface area contributed by atoms with E-state index in [4.69, 9.17) is 9.47 Å². The third kappa shape index (κ3) is 5.18. The number of amides is 1. The van der Waals surface area contributed by atoms with E-state index in [1.54, 1.807) is 13.2 Å². The Bertz CT molecular complexity index is 675. The molecular formula is C19H21NO3. The van der Waals surface area contributed by atoms with E-state index in [9.17, 15) is 4.79 Å². The number of hydrogen-bond donors (Lipinski definition) is 1. The molecule has 0 spiro atoms. The Hall–Kier alpha value is -2.75. The van der Waals surface area contributed by atoms with Gasteiger partial charge in [0.05, 0.1) is 18.9 Å². The Balaban J connectivity index is 2.02. The highest BCUT2D eigenvalue weighted by molar-refractivity contribution is 6.02. The highest BCUT2D eigenvalue weighted by Gasteiger charge is 2.06. The summed E-state index contributed by atoms with van der Waals surface area (Å²) in [6.45, 7) is 3.89. The molecule has 0 saturated carbocycles. The average Bonchev–Trinajstić information content (AvgIpc) is 2.55. The summed E-state index contributed by atoms with van der Waals surface area (Å²) >= 11 is 0. The molecule has 120 valence electrons. The van der Waals surface area contributed by atoms with Crippen molar-refractivity contribution in [2.75, 3.05) is 12.4 Å². The van der Waals surface area contributed by atoms with Gasteiger partial charge >= 0.3 is 0 Å². The van der Waals surface area contributed by atoms with Crippen molar-refractivity contribution in [2.45, 2.75) is 20.0 Å². The molecule has 0 radical (unpaired) electrons. The lowest BCUT2D eigenvalue weighted by molar-refractivity contribution is -0.111. The van der Waals surface area contributed by atoms with E-state index < -0.39 is 0 Å². The molecule has 4 heteroatoms. The first-order valence-electron chi connectivity index (χ1n) is 7.47. The molecule has 4 nitrogen and oxygen atoms in total. The number of methoxy groups -OCH3 is 1. The molecule has 0 aliphatic carbocycles. The number of carbonyl (C=O) groups is 1. The molecule has 23 heavy (non-hydrogen) atoms. The molecule has 1 amide bonds. The van der Waals surface area contributed by atoms with Gasteiger partial charge in [0.1, 0.15) is 11.5 Å². The van der Waals surface area contributed by atoms with Gasteiger partial charge in [0.25, 0.3) is 0 Å². The molecule has 0 aliphatic rings. The van der Waals surface area contributed by atoms with Crippen LogP contribution in [0.2, 0.25) is 0 Å². The molecule has 2 rings (SSSR count). The van der Waals surface area contributed by atoms with E-state index in [0.717, 1.165) is 11.3 Å². The predicted octanol–water partition coefficient (Wildman–Crippen LogP) is 4.13. The molecule has 0 unspecified atom stereocenters. The van der Waals surface area contributed by atoms with Crippen LogP contribution in [-0.2, 0) is 4.79 Å². The van der Waals surface area contributed by atoms with Crippen LogP contribution in [0.3, 0.4) is 0 Å². The molecule has 0 bridgehead atoms. The Morgan fingerprint density at radius 2 is 1.78 bits per heavy atom. The van der Waals surface area contributed by atoms with Gasteiger partial charge in [0.15, 0.2) is 0 Å². The lowest BCUT2D eigenvalue weighted by Crippen LogP contribution is -2.12. The van der Waals surface area contributed by atoms with Gasteiger partial charge in [-0.1, -0.05) is 24.3 Å². The monoisotopic (exact) mass is 311 g/mol. The fourth-order valence-electron chi connectivity index (χ4n) is 1.99. The standard InChI is InChI=1S/C19H21NO3/c1-14(2)23-18-7-5-4-6-17(18)20-19(21)13-10-15-8-11-16(22-3)12-9-15/h4-14H,1-3H3,(H,20,21)/b13-10+. The van der Waals surface area contributed by atoms with Gasteiger partial charge in [-0.2, -0.15) is 0 Å². The van der Waals surface area contributed by atoms with Gasteiger partial charge in [0, 0.05) is 6.08 Å². The van der Waals surface area contributed by atoms with Gasteiger partial charge < -0.3 is 14.8 Å². The van der Waals surface area contributed by atoms with Crippen LogP contribution in [0.15, 0.2) is 54.6 Å². The van der Waals surface area contributed by atoms with E-state index in [1.807, 2.05) is 62.4 Å². The number of hydrogen-bond acceptors (Lipinski definition) is 3. The van der Waals surface area contributed by atoms with Crippen molar-refractivity contribution in [1.82, 2.24) is 0 Å². The number of nitrogens with one attached hydrogen (secondary N) is 1. The topological polar surface area (TPSA) is 47.6 Å². The van der Waals surface area contributed by atoms with Crippen LogP contribution in [0.5, 0.6) is 11.5 Å². The van der Waals surface area contributed by atoms with Crippen molar-refractivity contribution in [1.29, 1.82) is 0 Å². The third-order valence-electron chi connectivity index (χ3n) is 3.05. The largest absolute Gasteiger partial charge is 0.497 e. The maximum absolute atomic E-state index is 12.1.